The number of carbonyl (C=O) groups excluding carboxylic acids is 1. The minimum absolute atomic E-state index is 0.0478. The Morgan fingerprint density at radius 3 is 2.88 bits per heavy atom. The Morgan fingerprint density at radius 2 is 2.15 bits per heavy atom. The van der Waals surface area contributed by atoms with Crippen LogP contribution in [0.3, 0.4) is 0 Å². The second kappa shape index (κ2) is 6.76. The molecule has 0 bridgehead atoms. The quantitative estimate of drug-likeness (QED) is 0.567. The third-order valence-electron chi connectivity index (χ3n) is 5.13. The highest BCUT2D eigenvalue weighted by molar-refractivity contribution is 8.00. The van der Waals surface area contributed by atoms with E-state index in [-0.39, 0.29) is 29.2 Å². The Kier molecular flexibility index (Phi) is 4.73. The largest absolute Gasteiger partial charge is 0.341 e. The summed E-state index contributed by atoms with van der Waals surface area (Å²) >= 11 is 3.19. The van der Waals surface area contributed by atoms with Gasteiger partial charge < -0.3 is 4.90 Å². The zero-order valence-electron chi connectivity index (χ0n) is 14.8. The Balaban J connectivity index is 1.52. The van der Waals surface area contributed by atoms with Crippen LogP contribution in [0.15, 0.2) is 5.03 Å². The highest BCUT2D eigenvalue weighted by atomic mass is 32.2. The number of hydrogen-bond donors (Lipinski definition) is 0. The molecule has 0 aromatic carbocycles. The molecular formula is C17H21N3O3S3. The van der Waals surface area contributed by atoms with Crippen molar-refractivity contribution in [3.05, 3.63) is 16.3 Å². The van der Waals surface area contributed by atoms with Crippen LogP contribution in [0.4, 0.5) is 0 Å². The van der Waals surface area contributed by atoms with Crippen LogP contribution < -0.4 is 0 Å². The first-order chi connectivity index (χ1) is 12.3. The van der Waals surface area contributed by atoms with Crippen molar-refractivity contribution >= 4 is 49.1 Å². The number of hydrogen-bond acceptors (Lipinski definition) is 7. The molecule has 2 aliphatic rings. The van der Waals surface area contributed by atoms with Gasteiger partial charge in [0, 0.05) is 23.4 Å². The molecule has 140 valence electrons. The van der Waals surface area contributed by atoms with E-state index in [1.54, 1.807) is 23.3 Å². The molecule has 0 spiro atoms. The number of sulfone groups is 1. The van der Waals surface area contributed by atoms with Crippen molar-refractivity contribution in [2.24, 2.45) is 0 Å². The minimum Gasteiger partial charge on any atom is -0.341 e. The SMILES string of the molecule is Cc1nc(SCC(=O)N(C)C2CCS(=O)(=O)C2)c2c3c(sc2n1)CCC3. The third kappa shape index (κ3) is 3.36. The summed E-state index contributed by atoms with van der Waals surface area (Å²) < 4.78 is 23.3. The number of nitrogens with zero attached hydrogens (tertiary/aromatic N) is 3. The predicted octanol–water partition coefficient (Wildman–Crippen LogP) is 2.23. The lowest BCUT2D eigenvalue weighted by molar-refractivity contribution is -0.128. The van der Waals surface area contributed by atoms with E-state index in [1.165, 1.54) is 28.6 Å². The maximum absolute atomic E-state index is 12.6. The van der Waals surface area contributed by atoms with Crippen LogP contribution in [-0.4, -0.2) is 59.5 Å². The van der Waals surface area contributed by atoms with Crippen molar-refractivity contribution in [1.29, 1.82) is 0 Å². The molecule has 1 atom stereocenters. The maximum atomic E-state index is 12.6. The Hall–Kier alpha value is -1.19. The summed E-state index contributed by atoms with van der Waals surface area (Å²) in [6.07, 6.45) is 3.87. The van der Waals surface area contributed by atoms with Gasteiger partial charge in [-0.2, -0.15) is 0 Å². The first-order valence-electron chi connectivity index (χ1n) is 8.72. The summed E-state index contributed by atoms with van der Waals surface area (Å²) in [5, 5.41) is 2.00. The van der Waals surface area contributed by atoms with Gasteiger partial charge >= 0.3 is 0 Å². The number of aryl methyl sites for hydroxylation is 3. The fraction of sp³-hybridized carbons (Fsp3) is 0.588. The maximum Gasteiger partial charge on any atom is 0.233 e. The molecule has 1 amide bonds. The number of amides is 1. The molecular weight excluding hydrogens is 390 g/mol. The Labute approximate surface area is 161 Å². The van der Waals surface area contributed by atoms with E-state index in [9.17, 15) is 13.2 Å². The van der Waals surface area contributed by atoms with Crippen LogP contribution in [0.25, 0.3) is 10.2 Å². The van der Waals surface area contributed by atoms with Crippen molar-refractivity contribution in [2.45, 2.75) is 43.7 Å². The van der Waals surface area contributed by atoms with Gasteiger partial charge in [0.25, 0.3) is 0 Å². The van der Waals surface area contributed by atoms with Crippen LogP contribution in [-0.2, 0) is 27.5 Å². The van der Waals surface area contributed by atoms with Gasteiger partial charge in [0.05, 0.1) is 17.3 Å². The van der Waals surface area contributed by atoms with Gasteiger partial charge in [0.15, 0.2) is 9.84 Å². The molecule has 0 N–H and O–H groups in total. The van der Waals surface area contributed by atoms with Crippen LogP contribution in [0.1, 0.15) is 29.1 Å². The first kappa shape index (κ1) is 18.2. The second-order valence-corrected chi connectivity index (χ2v) is 11.2. The standard InChI is InChI=1S/C17H21N3O3S3/c1-10-18-16(15-12-4-3-5-13(12)25-17(15)19-10)24-8-14(21)20(2)11-6-7-26(22,23)9-11/h11H,3-9H2,1-2H3. The average Bonchev–Trinajstić information content (AvgIpc) is 3.25. The number of fused-ring (bicyclic) bond motifs is 3. The summed E-state index contributed by atoms with van der Waals surface area (Å²) in [5.41, 5.74) is 1.36. The lowest BCUT2D eigenvalue weighted by atomic mass is 10.2. The normalized spacial score (nSPS) is 21.2. The number of thioether (sulfide) groups is 1. The molecule has 6 nitrogen and oxygen atoms in total. The van der Waals surface area contributed by atoms with E-state index < -0.39 is 9.84 Å². The van der Waals surface area contributed by atoms with E-state index in [2.05, 4.69) is 9.97 Å². The van der Waals surface area contributed by atoms with E-state index >= 15 is 0 Å². The van der Waals surface area contributed by atoms with Crippen LogP contribution >= 0.6 is 23.1 Å². The molecule has 2 aromatic rings. The molecule has 9 heteroatoms. The second-order valence-electron chi connectivity index (χ2n) is 6.96. The van der Waals surface area contributed by atoms with E-state index in [4.69, 9.17) is 0 Å². The zero-order chi connectivity index (χ0) is 18.5. The van der Waals surface area contributed by atoms with Gasteiger partial charge in [0.1, 0.15) is 15.7 Å². The minimum atomic E-state index is -2.99. The molecule has 2 aromatic heterocycles. The zero-order valence-corrected chi connectivity index (χ0v) is 17.3. The summed E-state index contributed by atoms with van der Waals surface area (Å²) in [7, 11) is -1.29. The van der Waals surface area contributed by atoms with Crippen molar-refractivity contribution in [2.75, 3.05) is 24.3 Å². The molecule has 1 fully saturated rings. The number of rotatable bonds is 4. The number of thiophene rings is 1. The topological polar surface area (TPSA) is 80.2 Å². The number of aromatic nitrogens is 2. The fourth-order valence-electron chi connectivity index (χ4n) is 3.68. The van der Waals surface area contributed by atoms with E-state index in [1.807, 2.05) is 6.92 Å². The Morgan fingerprint density at radius 1 is 1.35 bits per heavy atom. The van der Waals surface area contributed by atoms with Crippen molar-refractivity contribution in [3.63, 3.8) is 0 Å². The molecule has 1 aliphatic heterocycles. The van der Waals surface area contributed by atoms with Crippen molar-refractivity contribution in [1.82, 2.24) is 14.9 Å². The average molecular weight is 412 g/mol. The van der Waals surface area contributed by atoms with Crippen molar-refractivity contribution in [3.8, 4) is 0 Å². The van der Waals surface area contributed by atoms with E-state index in [0.717, 1.165) is 33.9 Å². The molecule has 0 radical (unpaired) electrons. The van der Waals surface area contributed by atoms with Crippen LogP contribution in [0.2, 0.25) is 0 Å². The lowest BCUT2D eigenvalue weighted by Crippen LogP contribution is -2.38. The monoisotopic (exact) mass is 411 g/mol. The molecule has 1 saturated heterocycles. The van der Waals surface area contributed by atoms with Gasteiger partial charge in [-0.05, 0) is 38.2 Å². The highest BCUT2D eigenvalue weighted by Crippen LogP contribution is 2.40. The van der Waals surface area contributed by atoms with Gasteiger partial charge in [0.2, 0.25) is 5.91 Å². The molecule has 26 heavy (non-hydrogen) atoms. The molecule has 0 saturated carbocycles. The van der Waals surface area contributed by atoms with E-state index in [0.29, 0.717) is 6.42 Å². The number of carbonyl (C=O) groups is 1. The third-order valence-corrected chi connectivity index (χ3v) is 9.02. The van der Waals surface area contributed by atoms with Gasteiger partial charge in [-0.15, -0.1) is 11.3 Å². The summed E-state index contributed by atoms with van der Waals surface area (Å²) in [6, 6.07) is -0.203. The first-order valence-corrected chi connectivity index (χ1v) is 12.3. The lowest BCUT2D eigenvalue weighted by Gasteiger charge is -2.23. The fourth-order valence-corrected chi connectivity index (χ4v) is 7.86. The van der Waals surface area contributed by atoms with Gasteiger partial charge in [-0.3, -0.25) is 4.79 Å². The highest BCUT2D eigenvalue weighted by Gasteiger charge is 2.32. The molecule has 4 rings (SSSR count). The molecule has 1 unspecified atom stereocenters. The van der Waals surface area contributed by atoms with Gasteiger partial charge in [-0.1, -0.05) is 11.8 Å². The van der Waals surface area contributed by atoms with Crippen LogP contribution in [0.5, 0.6) is 0 Å². The summed E-state index contributed by atoms with van der Waals surface area (Å²) in [4.78, 5) is 25.8. The summed E-state index contributed by atoms with van der Waals surface area (Å²) in [5.74, 6) is 1.20. The molecule has 3 heterocycles. The van der Waals surface area contributed by atoms with Crippen LogP contribution in [0, 0.1) is 6.92 Å². The Bertz CT molecular complexity index is 984. The predicted molar refractivity (Wildman–Crippen MR) is 105 cm³/mol. The van der Waals surface area contributed by atoms with Gasteiger partial charge in [-0.25, -0.2) is 18.4 Å². The smallest absolute Gasteiger partial charge is 0.233 e. The summed E-state index contributed by atoms with van der Waals surface area (Å²) in [6.45, 7) is 1.88. The van der Waals surface area contributed by atoms with Crippen molar-refractivity contribution < 1.29 is 13.2 Å². The molecule has 1 aliphatic carbocycles.